The summed E-state index contributed by atoms with van der Waals surface area (Å²) in [6.07, 6.45) is 5.05. The molecule has 2 nitrogen and oxygen atoms in total. The van der Waals surface area contributed by atoms with Crippen molar-refractivity contribution in [3.05, 3.63) is 64.6 Å². The van der Waals surface area contributed by atoms with E-state index in [1.807, 2.05) is 12.4 Å². The third-order valence-electron chi connectivity index (χ3n) is 3.49. The van der Waals surface area contributed by atoms with Gasteiger partial charge in [0.15, 0.2) is 0 Å². The highest BCUT2D eigenvalue weighted by molar-refractivity contribution is 7.08. The number of hydrogen-bond acceptors (Lipinski definition) is 3. The van der Waals surface area contributed by atoms with Gasteiger partial charge in [-0.2, -0.15) is 11.3 Å². The molecule has 0 spiro atoms. The molecule has 20 heavy (non-hydrogen) atoms. The fourth-order valence-corrected chi connectivity index (χ4v) is 3.19. The number of hydrogen-bond donors (Lipinski definition) is 1. The highest BCUT2D eigenvalue weighted by Crippen LogP contribution is 2.29. The van der Waals surface area contributed by atoms with Gasteiger partial charge in [-0.3, -0.25) is 4.98 Å². The molecule has 3 heteroatoms. The van der Waals surface area contributed by atoms with E-state index < -0.39 is 0 Å². The van der Waals surface area contributed by atoms with Crippen molar-refractivity contribution in [2.45, 2.75) is 19.4 Å². The lowest BCUT2D eigenvalue weighted by molar-refractivity contribution is 0.601. The Kier molecular flexibility index (Phi) is 4.09. The van der Waals surface area contributed by atoms with Crippen LogP contribution in [-0.2, 0) is 0 Å². The van der Waals surface area contributed by atoms with E-state index in [-0.39, 0.29) is 6.04 Å². The molecule has 1 N–H and O–H groups in total. The zero-order valence-corrected chi connectivity index (χ0v) is 12.4. The van der Waals surface area contributed by atoms with Crippen LogP contribution in [0.3, 0.4) is 0 Å². The Morgan fingerprint density at radius 3 is 2.90 bits per heavy atom. The highest BCUT2D eigenvalue weighted by Gasteiger charge is 2.16. The third-order valence-corrected chi connectivity index (χ3v) is 4.19. The van der Waals surface area contributed by atoms with Crippen molar-refractivity contribution in [1.29, 1.82) is 0 Å². The second-order valence-corrected chi connectivity index (χ2v) is 5.67. The molecule has 0 aliphatic carbocycles. The summed E-state index contributed by atoms with van der Waals surface area (Å²) in [6, 6.07) is 10.9. The maximum Gasteiger partial charge on any atom is 0.0606 e. The van der Waals surface area contributed by atoms with E-state index in [1.165, 1.54) is 21.9 Å². The molecule has 0 bridgehead atoms. The molecule has 2 heterocycles. The van der Waals surface area contributed by atoms with Gasteiger partial charge in [-0.1, -0.05) is 31.2 Å². The van der Waals surface area contributed by atoms with E-state index in [1.54, 1.807) is 11.3 Å². The molecule has 3 aromatic rings. The summed E-state index contributed by atoms with van der Waals surface area (Å²) in [5.74, 6) is 0. The smallest absolute Gasteiger partial charge is 0.0606 e. The lowest BCUT2D eigenvalue weighted by Gasteiger charge is -2.19. The van der Waals surface area contributed by atoms with Crippen LogP contribution in [0.5, 0.6) is 0 Å². The molecule has 0 radical (unpaired) electrons. The number of fused-ring (bicyclic) bond motifs is 1. The second kappa shape index (κ2) is 6.16. The van der Waals surface area contributed by atoms with Crippen LogP contribution in [0.4, 0.5) is 0 Å². The van der Waals surface area contributed by atoms with Gasteiger partial charge in [0, 0.05) is 17.8 Å². The van der Waals surface area contributed by atoms with Gasteiger partial charge < -0.3 is 5.32 Å². The molecular weight excluding hydrogens is 264 g/mol. The summed E-state index contributed by atoms with van der Waals surface area (Å²) in [4.78, 5) is 4.42. The average molecular weight is 282 g/mol. The van der Waals surface area contributed by atoms with Gasteiger partial charge >= 0.3 is 0 Å². The Balaban J connectivity index is 2.09. The van der Waals surface area contributed by atoms with Crippen LogP contribution in [-0.4, -0.2) is 11.5 Å². The molecule has 0 saturated carbocycles. The quantitative estimate of drug-likeness (QED) is 0.751. The topological polar surface area (TPSA) is 24.9 Å². The standard InChI is InChI=1S/C17H18N2S/c1-2-8-19-17(14-7-9-20-12-14)16-11-18-10-13-5-3-4-6-15(13)16/h3-7,9-12,17,19H,2,8H2,1H3. The molecular formula is C17H18N2S. The number of pyridine rings is 1. The van der Waals surface area contributed by atoms with Crippen LogP contribution < -0.4 is 5.32 Å². The van der Waals surface area contributed by atoms with Crippen molar-refractivity contribution in [2.75, 3.05) is 6.54 Å². The van der Waals surface area contributed by atoms with Crippen LogP contribution in [0.1, 0.15) is 30.5 Å². The molecule has 0 saturated heterocycles. The Hall–Kier alpha value is -1.71. The van der Waals surface area contributed by atoms with E-state index >= 15 is 0 Å². The number of thiophene rings is 1. The lowest BCUT2D eigenvalue weighted by atomic mass is 9.97. The first-order valence-corrected chi connectivity index (χ1v) is 7.92. The third kappa shape index (κ3) is 2.60. The van der Waals surface area contributed by atoms with Gasteiger partial charge in [0.1, 0.15) is 0 Å². The van der Waals surface area contributed by atoms with Crippen LogP contribution in [0.2, 0.25) is 0 Å². The molecule has 0 fully saturated rings. The molecule has 1 atom stereocenters. The monoisotopic (exact) mass is 282 g/mol. The minimum atomic E-state index is 0.222. The summed E-state index contributed by atoms with van der Waals surface area (Å²) in [5, 5.41) is 10.5. The van der Waals surface area contributed by atoms with Gasteiger partial charge in [-0.25, -0.2) is 0 Å². The van der Waals surface area contributed by atoms with Crippen LogP contribution in [0, 0.1) is 0 Å². The molecule has 1 unspecified atom stereocenters. The number of rotatable bonds is 5. The number of nitrogens with one attached hydrogen (secondary N) is 1. The normalized spacial score (nSPS) is 12.7. The molecule has 0 aliphatic heterocycles. The number of nitrogens with zero attached hydrogens (tertiary/aromatic N) is 1. The van der Waals surface area contributed by atoms with Crippen molar-refractivity contribution >= 4 is 22.1 Å². The molecule has 2 aromatic heterocycles. The Labute approximate surface area is 123 Å². The van der Waals surface area contributed by atoms with Crippen LogP contribution >= 0.6 is 11.3 Å². The average Bonchev–Trinajstić information content (AvgIpc) is 3.02. The van der Waals surface area contributed by atoms with Gasteiger partial charge in [0.2, 0.25) is 0 Å². The van der Waals surface area contributed by atoms with Gasteiger partial charge in [0.05, 0.1) is 6.04 Å². The zero-order valence-electron chi connectivity index (χ0n) is 11.5. The maximum atomic E-state index is 4.42. The predicted molar refractivity (Wildman–Crippen MR) is 86.2 cm³/mol. The van der Waals surface area contributed by atoms with Crippen molar-refractivity contribution in [1.82, 2.24) is 10.3 Å². The number of aromatic nitrogens is 1. The van der Waals surface area contributed by atoms with Crippen molar-refractivity contribution < 1.29 is 0 Å². The molecule has 102 valence electrons. The number of benzene rings is 1. The first-order chi connectivity index (χ1) is 9.90. The van der Waals surface area contributed by atoms with Gasteiger partial charge in [-0.05, 0) is 46.3 Å². The summed E-state index contributed by atoms with van der Waals surface area (Å²) in [7, 11) is 0. The minimum Gasteiger partial charge on any atom is -0.306 e. The van der Waals surface area contributed by atoms with Gasteiger partial charge in [0.25, 0.3) is 0 Å². The van der Waals surface area contributed by atoms with E-state index in [0.29, 0.717) is 0 Å². The van der Waals surface area contributed by atoms with Crippen molar-refractivity contribution in [3.63, 3.8) is 0 Å². The molecule has 1 aromatic carbocycles. The SMILES string of the molecule is CCCNC(c1ccsc1)c1cncc2ccccc12. The Morgan fingerprint density at radius 1 is 1.20 bits per heavy atom. The highest BCUT2D eigenvalue weighted by atomic mass is 32.1. The predicted octanol–water partition coefficient (Wildman–Crippen LogP) is 4.39. The molecule has 0 aliphatic rings. The van der Waals surface area contributed by atoms with E-state index in [0.717, 1.165) is 13.0 Å². The first kappa shape index (κ1) is 13.3. The van der Waals surface area contributed by atoms with Crippen LogP contribution in [0.15, 0.2) is 53.5 Å². The van der Waals surface area contributed by atoms with E-state index in [4.69, 9.17) is 0 Å². The minimum absolute atomic E-state index is 0.222. The maximum absolute atomic E-state index is 4.42. The van der Waals surface area contributed by atoms with Crippen molar-refractivity contribution in [3.8, 4) is 0 Å². The fraction of sp³-hybridized carbons (Fsp3) is 0.235. The Morgan fingerprint density at radius 2 is 2.10 bits per heavy atom. The second-order valence-electron chi connectivity index (χ2n) is 4.89. The first-order valence-electron chi connectivity index (χ1n) is 6.98. The van der Waals surface area contributed by atoms with E-state index in [9.17, 15) is 0 Å². The molecule has 0 amide bonds. The van der Waals surface area contributed by atoms with Crippen molar-refractivity contribution in [2.24, 2.45) is 0 Å². The fourth-order valence-electron chi connectivity index (χ4n) is 2.51. The summed E-state index contributed by atoms with van der Waals surface area (Å²) in [5.41, 5.74) is 2.58. The molecule has 3 rings (SSSR count). The Bertz CT molecular complexity index is 671. The summed E-state index contributed by atoms with van der Waals surface area (Å²) >= 11 is 1.74. The summed E-state index contributed by atoms with van der Waals surface area (Å²) in [6.45, 7) is 3.20. The zero-order chi connectivity index (χ0) is 13.8. The largest absolute Gasteiger partial charge is 0.306 e. The van der Waals surface area contributed by atoms with Crippen LogP contribution in [0.25, 0.3) is 10.8 Å². The van der Waals surface area contributed by atoms with E-state index in [2.05, 4.69) is 58.3 Å². The van der Waals surface area contributed by atoms with Gasteiger partial charge in [-0.15, -0.1) is 0 Å². The lowest BCUT2D eigenvalue weighted by Crippen LogP contribution is -2.23. The summed E-state index contributed by atoms with van der Waals surface area (Å²) < 4.78 is 0.